The van der Waals surface area contributed by atoms with Gasteiger partial charge >= 0.3 is 5.97 Å². The number of ether oxygens (including phenoxy) is 1. The second kappa shape index (κ2) is 7.70. The van der Waals surface area contributed by atoms with E-state index in [-0.39, 0.29) is 5.97 Å². The van der Waals surface area contributed by atoms with Crippen molar-refractivity contribution in [2.75, 3.05) is 7.11 Å². The normalized spacial score (nSPS) is 10.4. The van der Waals surface area contributed by atoms with Crippen LogP contribution in [0.3, 0.4) is 0 Å². The molecular formula is C18H15N3O2S. The molecule has 0 radical (unpaired) electrons. The topological polar surface area (TPSA) is 65.0 Å². The molecule has 3 aromatic rings. The van der Waals surface area contributed by atoms with Crippen molar-refractivity contribution in [3.8, 4) is 11.3 Å². The fourth-order valence-electron chi connectivity index (χ4n) is 2.10. The summed E-state index contributed by atoms with van der Waals surface area (Å²) in [4.78, 5) is 16.0. The first-order chi connectivity index (χ1) is 11.8. The average molecular weight is 337 g/mol. The van der Waals surface area contributed by atoms with Gasteiger partial charge in [0.15, 0.2) is 0 Å². The van der Waals surface area contributed by atoms with Crippen LogP contribution in [0.25, 0.3) is 11.3 Å². The average Bonchev–Trinajstić information content (AvgIpc) is 2.67. The fourth-order valence-corrected chi connectivity index (χ4v) is 2.86. The lowest BCUT2D eigenvalue weighted by Gasteiger charge is -2.04. The Bertz CT molecular complexity index is 823. The highest BCUT2D eigenvalue weighted by Crippen LogP contribution is 2.22. The van der Waals surface area contributed by atoms with E-state index >= 15 is 0 Å². The predicted octanol–water partition coefficient (Wildman–Crippen LogP) is 3.62. The van der Waals surface area contributed by atoms with Gasteiger partial charge in [0.25, 0.3) is 0 Å². The van der Waals surface area contributed by atoms with Gasteiger partial charge in [-0.05, 0) is 17.7 Å². The molecule has 2 aromatic carbocycles. The van der Waals surface area contributed by atoms with E-state index in [1.54, 1.807) is 18.3 Å². The lowest BCUT2D eigenvalue weighted by atomic mass is 10.1. The van der Waals surface area contributed by atoms with E-state index in [1.807, 2.05) is 42.5 Å². The third kappa shape index (κ3) is 3.97. The highest BCUT2D eigenvalue weighted by atomic mass is 32.2. The van der Waals surface area contributed by atoms with Crippen molar-refractivity contribution in [3.63, 3.8) is 0 Å². The molecule has 5 nitrogen and oxygen atoms in total. The smallest absolute Gasteiger partial charge is 0.337 e. The quantitative estimate of drug-likeness (QED) is 0.523. The van der Waals surface area contributed by atoms with Crippen molar-refractivity contribution in [1.82, 2.24) is 15.2 Å². The molecule has 6 heteroatoms. The molecule has 0 saturated carbocycles. The molecule has 0 unspecified atom stereocenters. The van der Waals surface area contributed by atoms with E-state index in [4.69, 9.17) is 0 Å². The number of rotatable bonds is 5. The number of hydrogen-bond donors (Lipinski definition) is 0. The van der Waals surface area contributed by atoms with Crippen LogP contribution in [0.2, 0.25) is 0 Å². The molecule has 0 aliphatic carbocycles. The number of carbonyl (C=O) groups excluding carboxylic acids is 1. The number of methoxy groups -OCH3 is 1. The van der Waals surface area contributed by atoms with Crippen LogP contribution in [0.4, 0.5) is 0 Å². The van der Waals surface area contributed by atoms with E-state index < -0.39 is 0 Å². The maximum atomic E-state index is 11.4. The van der Waals surface area contributed by atoms with Crippen LogP contribution in [-0.4, -0.2) is 28.3 Å². The van der Waals surface area contributed by atoms with Gasteiger partial charge in [-0.1, -0.05) is 54.2 Å². The van der Waals surface area contributed by atoms with Gasteiger partial charge < -0.3 is 4.74 Å². The van der Waals surface area contributed by atoms with Crippen LogP contribution in [0.5, 0.6) is 0 Å². The lowest BCUT2D eigenvalue weighted by molar-refractivity contribution is 0.0600. The first kappa shape index (κ1) is 16.1. The van der Waals surface area contributed by atoms with Gasteiger partial charge in [0.05, 0.1) is 24.6 Å². The number of thioether (sulfide) groups is 1. The van der Waals surface area contributed by atoms with Crippen LogP contribution < -0.4 is 0 Å². The minimum Gasteiger partial charge on any atom is -0.465 e. The zero-order valence-corrected chi connectivity index (χ0v) is 13.9. The number of esters is 1. The molecule has 0 saturated heterocycles. The molecule has 0 aliphatic heterocycles. The molecule has 1 aromatic heterocycles. The number of nitrogens with zero attached hydrogens (tertiary/aromatic N) is 3. The highest BCUT2D eigenvalue weighted by molar-refractivity contribution is 7.98. The largest absolute Gasteiger partial charge is 0.465 e. The minimum absolute atomic E-state index is 0.336. The lowest BCUT2D eigenvalue weighted by Crippen LogP contribution is -2.00. The molecule has 0 bridgehead atoms. The third-order valence-corrected chi connectivity index (χ3v) is 4.26. The van der Waals surface area contributed by atoms with Gasteiger partial charge in [-0.25, -0.2) is 9.78 Å². The zero-order chi connectivity index (χ0) is 16.8. The van der Waals surface area contributed by atoms with Gasteiger partial charge in [-0.2, -0.15) is 5.10 Å². The van der Waals surface area contributed by atoms with Crippen molar-refractivity contribution in [2.45, 2.75) is 10.9 Å². The molecule has 0 fully saturated rings. The second-order valence-electron chi connectivity index (χ2n) is 4.97. The highest BCUT2D eigenvalue weighted by Gasteiger charge is 2.07. The van der Waals surface area contributed by atoms with Crippen molar-refractivity contribution in [1.29, 1.82) is 0 Å². The molecule has 1 heterocycles. The maximum Gasteiger partial charge on any atom is 0.337 e. The third-order valence-electron chi connectivity index (χ3n) is 3.35. The first-order valence-corrected chi connectivity index (χ1v) is 8.30. The second-order valence-corrected chi connectivity index (χ2v) is 5.91. The summed E-state index contributed by atoms with van der Waals surface area (Å²) >= 11 is 1.50. The summed E-state index contributed by atoms with van der Waals surface area (Å²) in [6.45, 7) is 0. The Morgan fingerprint density at radius 2 is 1.83 bits per heavy atom. The molecular weight excluding hydrogens is 322 g/mol. The Labute approximate surface area is 144 Å². The van der Waals surface area contributed by atoms with Gasteiger partial charge in [0, 0.05) is 11.3 Å². The summed E-state index contributed by atoms with van der Waals surface area (Å²) in [5, 5.41) is 8.71. The number of benzene rings is 2. The molecule has 0 aliphatic rings. The Morgan fingerprint density at radius 3 is 2.54 bits per heavy atom. The van der Waals surface area contributed by atoms with E-state index in [2.05, 4.69) is 19.9 Å². The fraction of sp³-hybridized carbons (Fsp3) is 0.111. The Kier molecular flexibility index (Phi) is 5.18. The summed E-state index contributed by atoms with van der Waals surface area (Å²) in [5.74, 6) is 0.360. The maximum absolute atomic E-state index is 11.4. The summed E-state index contributed by atoms with van der Waals surface area (Å²) < 4.78 is 4.69. The SMILES string of the molecule is COC(=O)c1ccc(CSc2nncc(-c3ccccc3)n2)cc1. The monoisotopic (exact) mass is 337 g/mol. The molecule has 0 spiro atoms. The molecule has 0 atom stereocenters. The van der Waals surface area contributed by atoms with Crippen molar-refractivity contribution < 1.29 is 9.53 Å². The predicted molar refractivity (Wildman–Crippen MR) is 92.6 cm³/mol. The zero-order valence-electron chi connectivity index (χ0n) is 13.0. The van der Waals surface area contributed by atoms with Crippen LogP contribution in [-0.2, 0) is 10.5 Å². The van der Waals surface area contributed by atoms with Crippen molar-refractivity contribution >= 4 is 17.7 Å². The van der Waals surface area contributed by atoms with E-state index in [9.17, 15) is 4.79 Å². The molecule has 120 valence electrons. The van der Waals surface area contributed by atoms with Gasteiger partial charge in [0.1, 0.15) is 0 Å². The van der Waals surface area contributed by atoms with E-state index in [0.717, 1.165) is 16.8 Å². The van der Waals surface area contributed by atoms with Crippen LogP contribution in [0.1, 0.15) is 15.9 Å². The Balaban J connectivity index is 1.68. The number of carbonyl (C=O) groups is 1. The number of aromatic nitrogens is 3. The van der Waals surface area contributed by atoms with Crippen LogP contribution in [0, 0.1) is 0 Å². The molecule has 0 amide bonds. The van der Waals surface area contributed by atoms with Gasteiger partial charge in [-0.15, -0.1) is 5.10 Å². The summed E-state index contributed by atoms with van der Waals surface area (Å²) in [7, 11) is 1.37. The first-order valence-electron chi connectivity index (χ1n) is 7.31. The Hall–Kier alpha value is -2.73. The molecule has 0 N–H and O–H groups in total. The molecule has 3 rings (SSSR count). The van der Waals surface area contributed by atoms with Crippen LogP contribution in [0.15, 0.2) is 66.0 Å². The Morgan fingerprint density at radius 1 is 1.08 bits per heavy atom. The summed E-state index contributed by atoms with van der Waals surface area (Å²) in [6, 6.07) is 17.2. The molecule has 24 heavy (non-hydrogen) atoms. The van der Waals surface area contributed by atoms with Crippen molar-refractivity contribution in [3.05, 3.63) is 71.9 Å². The number of hydrogen-bond acceptors (Lipinski definition) is 6. The van der Waals surface area contributed by atoms with E-state index in [1.165, 1.54) is 18.9 Å². The van der Waals surface area contributed by atoms with Crippen LogP contribution >= 0.6 is 11.8 Å². The van der Waals surface area contributed by atoms with Gasteiger partial charge in [-0.3, -0.25) is 0 Å². The van der Waals surface area contributed by atoms with Gasteiger partial charge in [0.2, 0.25) is 5.16 Å². The summed E-state index contributed by atoms with van der Waals surface area (Å²) in [5.41, 5.74) is 3.42. The summed E-state index contributed by atoms with van der Waals surface area (Å²) in [6.07, 6.45) is 1.66. The standard InChI is InChI=1S/C18H15N3O2S/c1-23-17(22)15-9-7-13(8-10-15)12-24-18-20-16(11-19-21-18)14-5-3-2-4-6-14/h2-11H,12H2,1H3. The van der Waals surface area contributed by atoms with Crippen molar-refractivity contribution in [2.24, 2.45) is 0 Å². The van der Waals surface area contributed by atoms with E-state index in [0.29, 0.717) is 16.5 Å². The minimum atomic E-state index is -0.336.